The molecule has 0 heterocycles. The lowest BCUT2D eigenvalue weighted by molar-refractivity contribution is -0.284. The van der Waals surface area contributed by atoms with Crippen LogP contribution in [0.1, 0.15) is 98.0 Å². The van der Waals surface area contributed by atoms with Crippen molar-refractivity contribution in [1.82, 2.24) is 0 Å². The molecule has 0 aliphatic heterocycles. The van der Waals surface area contributed by atoms with Crippen LogP contribution in [0.2, 0.25) is 0 Å². The zero-order valence-electron chi connectivity index (χ0n) is 24.0. The van der Waals surface area contributed by atoms with Gasteiger partial charge in [-0.25, -0.2) is 0 Å². The molecule has 1 aliphatic carbocycles. The van der Waals surface area contributed by atoms with Crippen molar-refractivity contribution in [3.63, 3.8) is 0 Å². The van der Waals surface area contributed by atoms with E-state index < -0.39 is 18.5 Å². The molecule has 8 heteroatoms. The molecule has 1 saturated carbocycles. The molecule has 1 fully saturated rings. The van der Waals surface area contributed by atoms with Crippen LogP contribution in [0, 0.1) is 22.7 Å². The highest BCUT2D eigenvalue weighted by Crippen LogP contribution is 2.64. The van der Waals surface area contributed by atoms with Gasteiger partial charge >= 0.3 is 18.1 Å². The molecule has 1 aliphatic rings. The Balaban J connectivity index is 1.57. The number of unbranched alkanes of at least 4 members (excludes halogenated alkanes) is 4. The number of carbonyl (C=O) groups excluding carboxylic acids is 1. The summed E-state index contributed by atoms with van der Waals surface area (Å²) >= 11 is 0. The number of carbonyl (C=O) groups is 1. The van der Waals surface area contributed by atoms with E-state index in [9.17, 15) is 26.7 Å². The summed E-state index contributed by atoms with van der Waals surface area (Å²) in [6, 6.07) is 7.21. The van der Waals surface area contributed by atoms with Crippen molar-refractivity contribution in [1.29, 1.82) is 0 Å². The Labute approximate surface area is 230 Å². The minimum atomic E-state index is -5.50. The molecule has 3 nitrogen and oxygen atoms in total. The van der Waals surface area contributed by atoms with Crippen molar-refractivity contribution < 1.29 is 36.2 Å². The Kier molecular flexibility index (Phi) is 11.9. The first-order valence-electron chi connectivity index (χ1n) is 14.2. The van der Waals surface area contributed by atoms with Crippen LogP contribution in [0.4, 0.5) is 22.0 Å². The fraction of sp³-hybridized carbons (Fsp3) is 0.710. The minimum Gasteiger partial charge on any atom is -0.494 e. The molecule has 0 amide bonds. The van der Waals surface area contributed by atoms with Crippen LogP contribution in [0.5, 0.6) is 5.75 Å². The average Bonchev–Trinajstić information content (AvgIpc) is 2.87. The lowest BCUT2D eigenvalue weighted by atomic mass is 9.42. The average molecular weight is 561 g/mol. The molecule has 0 radical (unpaired) electrons. The Morgan fingerprint density at radius 1 is 1.03 bits per heavy atom. The molecule has 3 atom stereocenters. The van der Waals surface area contributed by atoms with E-state index in [0.717, 1.165) is 44.1 Å². The third-order valence-electron chi connectivity index (χ3n) is 8.88. The SMILES string of the molecule is CCC1(C(=O)OCCCCCCOc2ccc(/C=C/CCCC(F)(F)C(F)(F)F)cc2)CC(C)(C(C)C)C1C. The summed E-state index contributed by atoms with van der Waals surface area (Å²) < 4.78 is 73.7. The molecule has 0 spiro atoms. The monoisotopic (exact) mass is 560 g/mol. The standard InChI is InChI=1S/C31H45F5O3/c1-6-29(22-28(5,23(2)3)24(29)4)27(37)39-21-13-8-7-12-20-38-26-17-15-25(16-18-26)14-10-9-11-19-30(32,33)31(34,35)36/h10,14-18,23-24H,6-9,11-13,19-22H2,1-5H3/b14-10+. The second kappa shape index (κ2) is 14.0. The summed E-state index contributed by atoms with van der Waals surface area (Å²) in [4.78, 5) is 12.9. The maximum absolute atomic E-state index is 12.9. The summed E-state index contributed by atoms with van der Waals surface area (Å²) in [5.74, 6) is -3.12. The van der Waals surface area contributed by atoms with E-state index in [1.54, 1.807) is 36.4 Å². The van der Waals surface area contributed by atoms with E-state index in [1.807, 2.05) is 0 Å². The Morgan fingerprint density at radius 3 is 2.18 bits per heavy atom. The highest BCUT2D eigenvalue weighted by molar-refractivity contribution is 5.79. The van der Waals surface area contributed by atoms with Gasteiger partial charge in [-0.1, -0.05) is 58.9 Å². The molecule has 0 saturated heterocycles. The van der Waals surface area contributed by atoms with Gasteiger partial charge in [0.15, 0.2) is 0 Å². The largest absolute Gasteiger partial charge is 0.494 e. The molecular weight excluding hydrogens is 515 g/mol. The van der Waals surface area contributed by atoms with E-state index in [4.69, 9.17) is 9.47 Å². The smallest absolute Gasteiger partial charge is 0.453 e. The highest BCUT2D eigenvalue weighted by Gasteiger charge is 2.63. The molecule has 3 unspecified atom stereocenters. The number of allylic oxidation sites excluding steroid dienone is 1. The molecular formula is C31H45F5O3. The third kappa shape index (κ3) is 8.43. The van der Waals surface area contributed by atoms with Gasteiger partial charge in [0.2, 0.25) is 0 Å². The normalized spacial score (nSPS) is 23.7. The van der Waals surface area contributed by atoms with Crippen molar-refractivity contribution in [2.75, 3.05) is 13.2 Å². The molecule has 0 N–H and O–H groups in total. The van der Waals surface area contributed by atoms with Crippen LogP contribution in [-0.2, 0) is 9.53 Å². The minimum absolute atomic E-state index is 0.0414. The first kappa shape index (κ1) is 33.1. The number of hydrogen-bond acceptors (Lipinski definition) is 3. The van der Waals surface area contributed by atoms with Crippen molar-refractivity contribution in [3.05, 3.63) is 35.9 Å². The molecule has 39 heavy (non-hydrogen) atoms. The summed E-state index contributed by atoms with van der Waals surface area (Å²) in [5, 5.41) is 0. The van der Waals surface area contributed by atoms with Crippen molar-refractivity contribution in [3.8, 4) is 5.75 Å². The fourth-order valence-electron chi connectivity index (χ4n) is 5.55. The predicted octanol–water partition coefficient (Wildman–Crippen LogP) is 9.65. The zero-order valence-corrected chi connectivity index (χ0v) is 24.0. The van der Waals surface area contributed by atoms with Crippen molar-refractivity contribution in [2.24, 2.45) is 22.7 Å². The van der Waals surface area contributed by atoms with Gasteiger partial charge < -0.3 is 9.47 Å². The van der Waals surface area contributed by atoms with E-state index in [0.29, 0.717) is 30.8 Å². The lowest BCUT2D eigenvalue weighted by Gasteiger charge is -2.61. The lowest BCUT2D eigenvalue weighted by Crippen LogP contribution is -2.60. The molecule has 2 rings (SSSR count). The van der Waals surface area contributed by atoms with Gasteiger partial charge in [0.25, 0.3) is 0 Å². The van der Waals surface area contributed by atoms with Gasteiger partial charge in [0.1, 0.15) is 5.75 Å². The van der Waals surface area contributed by atoms with Gasteiger partial charge in [-0.3, -0.25) is 4.79 Å². The van der Waals surface area contributed by atoms with Gasteiger partial charge in [0.05, 0.1) is 18.6 Å². The summed E-state index contributed by atoms with van der Waals surface area (Å²) in [6.07, 6.45) is 1.81. The topological polar surface area (TPSA) is 35.5 Å². The molecule has 0 aromatic heterocycles. The Bertz CT molecular complexity index is 925. The Hall–Kier alpha value is -2.12. The summed E-state index contributed by atoms with van der Waals surface area (Å²) in [7, 11) is 0. The fourth-order valence-corrected chi connectivity index (χ4v) is 5.55. The number of rotatable bonds is 16. The van der Waals surface area contributed by atoms with Crippen LogP contribution >= 0.6 is 0 Å². The van der Waals surface area contributed by atoms with E-state index in [1.165, 1.54) is 0 Å². The maximum atomic E-state index is 12.9. The van der Waals surface area contributed by atoms with E-state index in [2.05, 4.69) is 34.6 Å². The number of ether oxygens (including phenoxy) is 2. The number of halogens is 5. The molecule has 1 aromatic carbocycles. The first-order chi connectivity index (χ1) is 18.2. The second-order valence-corrected chi connectivity index (χ2v) is 11.5. The van der Waals surface area contributed by atoms with Crippen molar-refractivity contribution >= 4 is 12.0 Å². The molecule has 0 bridgehead atoms. The van der Waals surface area contributed by atoms with Crippen LogP contribution in [0.25, 0.3) is 6.08 Å². The van der Waals surface area contributed by atoms with Crippen LogP contribution in [0.15, 0.2) is 30.3 Å². The number of hydrogen-bond donors (Lipinski definition) is 0. The van der Waals surface area contributed by atoms with Gasteiger partial charge in [0, 0.05) is 6.42 Å². The second-order valence-electron chi connectivity index (χ2n) is 11.5. The van der Waals surface area contributed by atoms with E-state index >= 15 is 0 Å². The van der Waals surface area contributed by atoms with Crippen LogP contribution < -0.4 is 4.74 Å². The van der Waals surface area contributed by atoms with Crippen LogP contribution in [-0.4, -0.2) is 31.3 Å². The van der Waals surface area contributed by atoms with Gasteiger partial charge in [-0.05, 0) is 86.3 Å². The van der Waals surface area contributed by atoms with E-state index in [-0.39, 0.29) is 29.6 Å². The molecule has 1 aromatic rings. The highest BCUT2D eigenvalue weighted by atomic mass is 19.4. The quantitative estimate of drug-likeness (QED) is 0.115. The summed E-state index contributed by atoms with van der Waals surface area (Å²) in [6.45, 7) is 12.0. The first-order valence-corrected chi connectivity index (χ1v) is 14.2. The zero-order chi connectivity index (χ0) is 29.3. The summed E-state index contributed by atoms with van der Waals surface area (Å²) in [5.41, 5.74) is 0.665. The number of benzene rings is 1. The number of alkyl halides is 5. The van der Waals surface area contributed by atoms with Gasteiger partial charge in [-0.2, -0.15) is 22.0 Å². The molecule has 222 valence electrons. The third-order valence-corrected chi connectivity index (χ3v) is 8.88. The van der Waals surface area contributed by atoms with Crippen molar-refractivity contribution in [2.45, 2.75) is 105 Å². The van der Waals surface area contributed by atoms with Crippen LogP contribution in [0.3, 0.4) is 0 Å². The number of esters is 1. The maximum Gasteiger partial charge on any atom is 0.453 e. The van der Waals surface area contributed by atoms with Gasteiger partial charge in [-0.15, -0.1) is 0 Å². The Morgan fingerprint density at radius 2 is 1.64 bits per heavy atom. The predicted molar refractivity (Wildman–Crippen MR) is 145 cm³/mol.